The summed E-state index contributed by atoms with van der Waals surface area (Å²) in [5.41, 5.74) is -0.609. The van der Waals surface area contributed by atoms with Gasteiger partial charge in [0.15, 0.2) is 0 Å². The lowest BCUT2D eigenvalue weighted by Crippen LogP contribution is -2.66. The van der Waals surface area contributed by atoms with E-state index in [9.17, 15) is 15.0 Å². The van der Waals surface area contributed by atoms with Crippen molar-refractivity contribution in [1.29, 1.82) is 0 Å². The fourth-order valence-corrected chi connectivity index (χ4v) is 8.54. The summed E-state index contributed by atoms with van der Waals surface area (Å²) in [6.07, 6.45) is 5.08. The maximum Gasteiger partial charge on any atom is 0.302 e. The molecule has 2 N–H and O–H groups in total. The second-order valence-corrected chi connectivity index (χ2v) is 11.0. The first kappa shape index (κ1) is 18.4. The molecule has 0 aromatic carbocycles. The molecule has 152 valence electrons. The highest BCUT2D eigenvalue weighted by atomic mass is 16.6. The van der Waals surface area contributed by atoms with Crippen molar-refractivity contribution in [2.75, 3.05) is 6.61 Å². The van der Waals surface area contributed by atoms with Gasteiger partial charge in [0, 0.05) is 17.8 Å². The second kappa shape index (κ2) is 5.28. The molecular weight excluding hydrogens is 344 g/mol. The molecule has 0 amide bonds. The van der Waals surface area contributed by atoms with E-state index in [1.807, 2.05) is 0 Å². The monoisotopic (exact) mass is 378 g/mol. The highest BCUT2D eigenvalue weighted by molar-refractivity contribution is 5.65. The summed E-state index contributed by atoms with van der Waals surface area (Å²) >= 11 is 0. The van der Waals surface area contributed by atoms with Crippen LogP contribution in [0.25, 0.3) is 0 Å². The Morgan fingerprint density at radius 3 is 2.56 bits per heavy atom. The van der Waals surface area contributed by atoms with Gasteiger partial charge in [0.1, 0.15) is 0 Å². The highest BCUT2D eigenvalue weighted by Gasteiger charge is 2.81. The zero-order valence-electron chi connectivity index (χ0n) is 17.0. The highest BCUT2D eigenvalue weighted by Crippen LogP contribution is 2.77. The number of hydrogen-bond donors (Lipinski definition) is 2. The van der Waals surface area contributed by atoms with E-state index in [-0.39, 0.29) is 41.0 Å². The van der Waals surface area contributed by atoms with Crippen molar-refractivity contribution < 1.29 is 24.5 Å². The minimum absolute atomic E-state index is 0.0197. The molecule has 5 rings (SSSR count). The molecule has 0 aromatic rings. The van der Waals surface area contributed by atoms with E-state index in [0.717, 1.165) is 25.7 Å². The predicted molar refractivity (Wildman–Crippen MR) is 98.7 cm³/mol. The molecule has 1 saturated heterocycles. The number of carbonyl (C=O) groups excluding carboxylic acids is 1. The molecule has 5 heteroatoms. The van der Waals surface area contributed by atoms with Crippen LogP contribution in [0.5, 0.6) is 0 Å². The number of ether oxygens (including phenoxy) is 2. The van der Waals surface area contributed by atoms with Gasteiger partial charge in [-0.1, -0.05) is 13.8 Å². The van der Waals surface area contributed by atoms with Crippen molar-refractivity contribution in [3.63, 3.8) is 0 Å². The van der Waals surface area contributed by atoms with Crippen LogP contribution in [0.3, 0.4) is 0 Å². The first-order valence-corrected chi connectivity index (χ1v) is 10.8. The Morgan fingerprint density at radius 2 is 1.85 bits per heavy atom. The van der Waals surface area contributed by atoms with Gasteiger partial charge in [-0.05, 0) is 68.6 Å². The minimum atomic E-state index is -0.509. The summed E-state index contributed by atoms with van der Waals surface area (Å²) in [5.74, 6) is 0.825. The lowest BCUT2D eigenvalue weighted by molar-refractivity contribution is -0.242. The van der Waals surface area contributed by atoms with E-state index in [4.69, 9.17) is 9.47 Å². The quantitative estimate of drug-likeness (QED) is 0.570. The summed E-state index contributed by atoms with van der Waals surface area (Å²) in [6.45, 7) is 8.34. The number of fused-ring (bicyclic) bond motifs is 5. The molecule has 10 atom stereocenters. The summed E-state index contributed by atoms with van der Waals surface area (Å²) in [4.78, 5) is 11.5. The standard InChI is InChI=1S/C22H34O5/c1-12(23)26-11-20(3)15-9-17(25)22-10-13(21(4)18(22)27-21)5-6-14(22)19(15,2)8-7-16(20)24/h13-18,24-25H,5-11H2,1-4H3. The third kappa shape index (κ3) is 2.04. The molecule has 0 radical (unpaired) electrons. The molecule has 27 heavy (non-hydrogen) atoms. The van der Waals surface area contributed by atoms with Gasteiger partial charge in [0.05, 0.1) is 30.5 Å². The van der Waals surface area contributed by atoms with Crippen molar-refractivity contribution in [1.82, 2.24) is 0 Å². The number of aliphatic hydroxyl groups excluding tert-OH is 2. The van der Waals surface area contributed by atoms with Crippen molar-refractivity contribution in [2.24, 2.45) is 34.0 Å². The van der Waals surface area contributed by atoms with Crippen molar-refractivity contribution in [3.05, 3.63) is 0 Å². The number of rotatable bonds is 2. The largest absolute Gasteiger partial charge is 0.465 e. The molecular formula is C22H34O5. The Labute approximate surface area is 161 Å². The van der Waals surface area contributed by atoms with Crippen molar-refractivity contribution >= 4 is 5.97 Å². The van der Waals surface area contributed by atoms with Crippen LogP contribution in [0.2, 0.25) is 0 Å². The van der Waals surface area contributed by atoms with Crippen LogP contribution in [0.1, 0.15) is 66.2 Å². The number of hydrogen-bond acceptors (Lipinski definition) is 5. The molecule has 0 aromatic heterocycles. The molecule has 5 fully saturated rings. The number of carbonyl (C=O) groups is 1. The zero-order chi connectivity index (χ0) is 19.4. The molecule has 4 aliphatic carbocycles. The van der Waals surface area contributed by atoms with Crippen LogP contribution in [0.15, 0.2) is 0 Å². The van der Waals surface area contributed by atoms with Crippen LogP contribution >= 0.6 is 0 Å². The van der Waals surface area contributed by atoms with Gasteiger partial charge in [0.2, 0.25) is 0 Å². The lowest BCUT2D eigenvalue weighted by Gasteiger charge is -2.66. The maximum absolute atomic E-state index is 11.5. The van der Waals surface area contributed by atoms with Gasteiger partial charge in [-0.15, -0.1) is 0 Å². The molecule has 5 aliphatic rings. The number of epoxide rings is 1. The van der Waals surface area contributed by atoms with E-state index < -0.39 is 17.6 Å². The summed E-state index contributed by atoms with van der Waals surface area (Å²) < 4.78 is 11.7. The van der Waals surface area contributed by atoms with Crippen molar-refractivity contribution in [3.8, 4) is 0 Å². The molecule has 4 saturated carbocycles. The van der Waals surface area contributed by atoms with Crippen LogP contribution in [-0.4, -0.2) is 46.7 Å². The molecule has 10 unspecified atom stereocenters. The third-order valence-corrected chi connectivity index (χ3v) is 9.96. The Bertz CT molecular complexity index is 680. The van der Waals surface area contributed by atoms with E-state index in [1.54, 1.807) is 0 Å². The lowest BCUT2D eigenvalue weighted by atomic mass is 9.39. The summed E-state index contributed by atoms with van der Waals surface area (Å²) in [5, 5.41) is 22.4. The first-order chi connectivity index (χ1) is 12.6. The van der Waals surface area contributed by atoms with E-state index in [2.05, 4.69) is 20.8 Å². The molecule has 1 aliphatic heterocycles. The average molecular weight is 379 g/mol. The maximum atomic E-state index is 11.5. The van der Waals surface area contributed by atoms with E-state index in [1.165, 1.54) is 13.3 Å². The van der Waals surface area contributed by atoms with Gasteiger partial charge in [-0.3, -0.25) is 4.79 Å². The summed E-state index contributed by atoms with van der Waals surface area (Å²) in [7, 11) is 0. The Balaban J connectivity index is 1.54. The molecule has 1 spiro atoms. The second-order valence-electron chi connectivity index (χ2n) is 11.0. The van der Waals surface area contributed by atoms with Crippen LogP contribution < -0.4 is 0 Å². The predicted octanol–water partition coefficient (Wildman–Crippen LogP) is 2.67. The third-order valence-electron chi connectivity index (χ3n) is 9.96. The normalized spacial score (nSPS) is 60.8. The minimum Gasteiger partial charge on any atom is -0.465 e. The number of esters is 1. The number of aliphatic hydroxyl groups is 2. The molecule has 2 bridgehead atoms. The average Bonchev–Trinajstić information content (AvgIpc) is 3.28. The fraction of sp³-hybridized carbons (Fsp3) is 0.955. The van der Waals surface area contributed by atoms with Gasteiger partial charge in [-0.25, -0.2) is 0 Å². The van der Waals surface area contributed by atoms with E-state index in [0.29, 0.717) is 18.3 Å². The Morgan fingerprint density at radius 1 is 1.11 bits per heavy atom. The smallest absolute Gasteiger partial charge is 0.302 e. The molecule has 5 nitrogen and oxygen atoms in total. The topological polar surface area (TPSA) is 79.3 Å². The molecule has 1 heterocycles. The summed E-state index contributed by atoms with van der Waals surface area (Å²) in [6, 6.07) is 0. The SMILES string of the molecule is CC(=O)OCC1(C)C(O)CCC2(C)C1CC(O)C13CC(CCC21)C1(C)OC13. The Kier molecular flexibility index (Phi) is 3.60. The van der Waals surface area contributed by atoms with Crippen LogP contribution in [-0.2, 0) is 14.3 Å². The van der Waals surface area contributed by atoms with Crippen LogP contribution in [0.4, 0.5) is 0 Å². The van der Waals surface area contributed by atoms with Crippen LogP contribution in [0, 0.1) is 34.0 Å². The van der Waals surface area contributed by atoms with Gasteiger partial charge >= 0.3 is 5.97 Å². The van der Waals surface area contributed by atoms with Gasteiger partial charge < -0.3 is 19.7 Å². The first-order valence-electron chi connectivity index (χ1n) is 10.8. The van der Waals surface area contributed by atoms with Crippen molar-refractivity contribution in [2.45, 2.75) is 90.1 Å². The van der Waals surface area contributed by atoms with Gasteiger partial charge in [-0.2, -0.15) is 0 Å². The van der Waals surface area contributed by atoms with E-state index >= 15 is 0 Å². The Hall–Kier alpha value is -0.650. The zero-order valence-corrected chi connectivity index (χ0v) is 17.0. The van der Waals surface area contributed by atoms with Gasteiger partial charge in [0.25, 0.3) is 0 Å². The fourth-order valence-electron chi connectivity index (χ4n) is 8.54.